The molecule has 82 valence electrons. The summed E-state index contributed by atoms with van der Waals surface area (Å²) in [6, 6.07) is 3.34. The Morgan fingerprint density at radius 2 is 1.94 bits per heavy atom. The van der Waals surface area contributed by atoms with Gasteiger partial charge in [-0.25, -0.2) is 13.8 Å². The molecule has 0 unspecified atom stereocenters. The van der Waals surface area contributed by atoms with Crippen LogP contribution in [0.2, 0.25) is 0 Å². The summed E-state index contributed by atoms with van der Waals surface area (Å²) in [6.45, 7) is 1.72. The van der Waals surface area contributed by atoms with Gasteiger partial charge in [-0.15, -0.1) is 11.3 Å². The Labute approximate surface area is 94.6 Å². The number of rotatable bonds is 2. The SMILES string of the molecule is Cc1ncc(C(=O)c2c(F)cccc2F)s1. The number of ketones is 1. The van der Waals surface area contributed by atoms with Crippen LogP contribution in [0, 0.1) is 18.6 Å². The van der Waals surface area contributed by atoms with E-state index in [0.29, 0.717) is 5.01 Å². The number of hydrogen-bond donors (Lipinski definition) is 0. The van der Waals surface area contributed by atoms with Gasteiger partial charge in [-0.3, -0.25) is 4.79 Å². The minimum atomic E-state index is -0.851. The van der Waals surface area contributed by atoms with Crippen molar-refractivity contribution >= 4 is 17.1 Å². The Kier molecular flexibility index (Phi) is 2.78. The zero-order valence-corrected chi connectivity index (χ0v) is 9.15. The van der Waals surface area contributed by atoms with Gasteiger partial charge < -0.3 is 0 Å². The molecule has 0 bridgehead atoms. The van der Waals surface area contributed by atoms with Crippen molar-refractivity contribution in [3.05, 3.63) is 51.5 Å². The molecule has 0 aliphatic carbocycles. The molecular formula is C11H7F2NOS. The van der Waals surface area contributed by atoms with Crippen molar-refractivity contribution in [3.8, 4) is 0 Å². The summed E-state index contributed by atoms with van der Waals surface area (Å²) in [4.78, 5) is 15.9. The molecule has 0 atom stereocenters. The summed E-state index contributed by atoms with van der Waals surface area (Å²) in [6.07, 6.45) is 1.33. The van der Waals surface area contributed by atoms with Crippen LogP contribution in [0.15, 0.2) is 24.4 Å². The highest BCUT2D eigenvalue weighted by molar-refractivity contribution is 7.13. The maximum atomic E-state index is 13.3. The molecule has 2 nitrogen and oxygen atoms in total. The molecule has 0 radical (unpaired) electrons. The number of thiazole rings is 1. The van der Waals surface area contributed by atoms with E-state index in [4.69, 9.17) is 0 Å². The van der Waals surface area contributed by atoms with Crippen LogP contribution in [0.25, 0.3) is 0 Å². The Balaban J connectivity index is 2.49. The minimum absolute atomic E-state index is 0.238. The van der Waals surface area contributed by atoms with E-state index in [9.17, 15) is 13.6 Å². The average molecular weight is 239 g/mol. The van der Waals surface area contributed by atoms with Crippen molar-refractivity contribution in [2.75, 3.05) is 0 Å². The molecule has 0 amide bonds. The smallest absolute Gasteiger partial charge is 0.210 e. The van der Waals surface area contributed by atoms with Crippen molar-refractivity contribution in [1.82, 2.24) is 4.98 Å². The van der Waals surface area contributed by atoms with E-state index >= 15 is 0 Å². The molecule has 0 N–H and O–H groups in total. The highest BCUT2D eigenvalue weighted by Crippen LogP contribution is 2.20. The second kappa shape index (κ2) is 4.09. The third-order valence-corrected chi connectivity index (χ3v) is 2.95. The molecule has 0 saturated carbocycles. The van der Waals surface area contributed by atoms with Crippen molar-refractivity contribution in [2.45, 2.75) is 6.92 Å². The highest BCUT2D eigenvalue weighted by atomic mass is 32.1. The quantitative estimate of drug-likeness (QED) is 0.754. The molecule has 16 heavy (non-hydrogen) atoms. The van der Waals surface area contributed by atoms with Gasteiger partial charge in [0.2, 0.25) is 5.78 Å². The van der Waals surface area contributed by atoms with E-state index < -0.39 is 23.0 Å². The molecule has 1 aromatic heterocycles. The molecule has 0 aliphatic heterocycles. The van der Waals surface area contributed by atoms with Gasteiger partial charge in [-0.1, -0.05) is 6.07 Å². The molecule has 1 aromatic carbocycles. The van der Waals surface area contributed by atoms with Crippen LogP contribution in [0.5, 0.6) is 0 Å². The standard InChI is InChI=1S/C11H7F2NOS/c1-6-14-5-9(16-6)11(15)10-7(12)3-2-4-8(10)13/h2-5H,1H3. The van der Waals surface area contributed by atoms with Crippen LogP contribution in [0.4, 0.5) is 8.78 Å². The van der Waals surface area contributed by atoms with Crippen LogP contribution in [0.1, 0.15) is 20.2 Å². The van der Waals surface area contributed by atoms with Crippen LogP contribution in [0.3, 0.4) is 0 Å². The number of benzene rings is 1. The fourth-order valence-corrected chi connectivity index (χ4v) is 2.03. The lowest BCUT2D eigenvalue weighted by molar-refractivity contribution is 0.103. The summed E-state index contributed by atoms with van der Waals surface area (Å²) in [5.74, 6) is -2.37. The van der Waals surface area contributed by atoms with Crippen molar-refractivity contribution in [2.24, 2.45) is 0 Å². The number of nitrogens with zero attached hydrogens (tertiary/aromatic N) is 1. The summed E-state index contributed by atoms with van der Waals surface area (Å²) in [5.41, 5.74) is -0.522. The second-order valence-corrected chi connectivity index (χ2v) is 4.40. The predicted octanol–water partition coefficient (Wildman–Crippen LogP) is 2.96. The Hall–Kier alpha value is -1.62. The molecular weight excluding hydrogens is 232 g/mol. The van der Waals surface area contributed by atoms with Gasteiger partial charge in [0.15, 0.2) is 0 Å². The third-order valence-electron chi connectivity index (χ3n) is 2.03. The van der Waals surface area contributed by atoms with Gasteiger partial charge in [-0.05, 0) is 19.1 Å². The molecule has 0 saturated heterocycles. The van der Waals surface area contributed by atoms with Gasteiger partial charge in [0.05, 0.1) is 15.4 Å². The first kappa shape index (κ1) is 10.9. The second-order valence-electron chi connectivity index (χ2n) is 3.17. The predicted molar refractivity (Wildman–Crippen MR) is 56.6 cm³/mol. The van der Waals surface area contributed by atoms with Crippen molar-refractivity contribution in [1.29, 1.82) is 0 Å². The average Bonchev–Trinajstić information content (AvgIpc) is 2.64. The minimum Gasteiger partial charge on any atom is -0.287 e. The van der Waals surface area contributed by atoms with E-state index in [2.05, 4.69) is 4.98 Å². The number of carbonyl (C=O) groups is 1. The lowest BCUT2D eigenvalue weighted by atomic mass is 10.1. The van der Waals surface area contributed by atoms with E-state index in [1.165, 1.54) is 12.3 Å². The topological polar surface area (TPSA) is 30.0 Å². The first-order valence-corrected chi connectivity index (χ1v) is 5.32. The van der Waals surface area contributed by atoms with Gasteiger partial charge in [0, 0.05) is 6.20 Å². The van der Waals surface area contributed by atoms with Crippen LogP contribution in [-0.2, 0) is 0 Å². The first-order chi connectivity index (χ1) is 7.59. The first-order valence-electron chi connectivity index (χ1n) is 4.50. The number of aromatic nitrogens is 1. The highest BCUT2D eigenvalue weighted by Gasteiger charge is 2.20. The van der Waals surface area contributed by atoms with E-state index in [1.54, 1.807) is 6.92 Å². The number of halogens is 2. The van der Waals surface area contributed by atoms with Crippen molar-refractivity contribution < 1.29 is 13.6 Å². The maximum Gasteiger partial charge on any atom is 0.210 e. The Morgan fingerprint density at radius 3 is 2.44 bits per heavy atom. The monoisotopic (exact) mass is 239 g/mol. The van der Waals surface area contributed by atoms with E-state index in [-0.39, 0.29) is 4.88 Å². The molecule has 2 rings (SSSR count). The third kappa shape index (κ3) is 1.86. The summed E-state index contributed by atoms with van der Waals surface area (Å²) in [7, 11) is 0. The van der Waals surface area contributed by atoms with Gasteiger partial charge in [0.1, 0.15) is 11.6 Å². The lowest BCUT2D eigenvalue weighted by Gasteiger charge is -2.00. The Bertz CT molecular complexity index is 530. The molecule has 0 spiro atoms. The zero-order valence-electron chi connectivity index (χ0n) is 8.33. The zero-order chi connectivity index (χ0) is 11.7. The largest absolute Gasteiger partial charge is 0.287 e. The Morgan fingerprint density at radius 1 is 1.31 bits per heavy atom. The van der Waals surface area contributed by atoms with Crippen LogP contribution in [-0.4, -0.2) is 10.8 Å². The number of carbonyl (C=O) groups excluding carboxylic acids is 1. The number of aryl methyl sites for hydroxylation is 1. The molecule has 5 heteroatoms. The lowest BCUT2D eigenvalue weighted by Crippen LogP contribution is -2.05. The van der Waals surface area contributed by atoms with Gasteiger partial charge >= 0.3 is 0 Å². The van der Waals surface area contributed by atoms with Gasteiger partial charge in [-0.2, -0.15) is 0 Å². The summed E-state index contributed by atoms with van der Waals surface area (Å²) in [5, 5.41) is 0.681. The van der Waals surface area contributed by atoms with Crippen LogP contribution >= 0.6 is 11.3 Å². The molecule has 1 heterocycles. The van der Waals surface area contributed by atoms with Crippen LogP contribution < -0.4 is 0 Å². The fraction of sp³-hybridized carbons (Fsp3) is 0.0909. The summed E-state index contributed by atoms with van der Waals surface area (Å²) >= 11 is 1.11. The maximum absolute atomic E-state index is 13.3. The fourth-order valence-electron chi connectivity index (χ4n) is 1.30. The molecule has 2 aromatic rings. The molecule has 0 aliphatic rings. The van der Waals surface area contributed by atoms with Crippen molar-refractivity contribution in [3.63, 3.8) is 0 Å². The van der Waals surface area contributed by atoms with E-state index in [0.717, 1.165) is 23.5 Å². The molecule has 0 fully saturated rings. The number of hydrogen-bond acceptors (Lipinski definition) is 3. The normalized spacial score (nSPS) is 10.4. The summed E-state index contributed by atoms with van der Waals surface area (Å²) < 4.78 is 26.6. The van der Waals surface area contributed by atoms with E-state index in [1.807, 2.05) is 0 Å². The van der Waals surface area contributed by atoms with Gasteiger partial charge in [0.25, 0.3) is 0 Å².